The fourth-order valence-electron chi connectivity index (χ4n) is 1.97. The van der Waals surface area contributed by atoms with Crippen LogP contribution < -0.4 is 10.6 Å². The summed E-state index contributed by atoms with van der Waals surface area (Å²) in [5.41, 5.74) is 0. The Morgan fingerprint density at radius 2 is 2.24 bits per heavy atom. The van der Waals surface area contributed by atoms with Gasteiger partial charge in [-0.3, -0.25) is 4.79 Å². The van der Waals surface area contributed by atoms with E-state index in [1.165, 1.54) is 0 Å². The van der Waals surface area contributed by atoms with E-state index in [0.717, 1.165) is 19.4 Å². The van der Waals surface area contributed by atoms with Gasteiger partial charge < -0.3 is 20.8 Å². The number of aliphatic hydroxyl groups excluding tert-OH is 1. The summed E-state index contributed by atoms with van der Waals surface area (Å²) in [6, 6.07) is -1.33. The van der Waals surface area contributed by atoms with Crippen molar-refractivity contribution in [2.75, 3.05) is 13.2 Å². The molecule has 0 spiro atoms. The zero-order chi connectivity index (χ0) is 12.8. The Morgan fingerprint density at radius 1 is 1.53 bits per heavy atom. The largest absolute Gasteiger partial charge is 0.480 e. The Labute approximate surface area is 100 Å². The van der Waals surface area contributed by atoms with Crippen molar-refractivity contribution >= 4 is 11.9 Å². The summed E-state index contributed by atoms with van der Waals surface area (Å²) in [6.07, 6.45) is 1.78. The maximum absolute atomic E-state index is 11.8. The van der Waals surface area contributed by atoms with Crippen LogP contribution in [0.2, 0.25) is 0 Å². The molecule has 1 amide bonds. The van der Waals surface area contributed by atoms with Gasteiger partial charge in [0, 0.05) is 13.0 Å². The van der Waals surface area contributed by atoms with Gasteiger partial charge >= 0.3 is 5.97 Å². The van der Waals surface area contributed by atoms with Crippen molar-refractivity contribution in [3.05, 3.63) is 0 Å². The molecular weight excluding hydrogens is 224 g/mol. The lowest BCUT2D eigenvalue weighted by atomic mass is 9.93. The smallest absolute Gasteiger partial charge is 0.326 e. The van der Waals surface area contributed by atoms with Crippen molar-refractivity contribution in [3.8, 4) is 0 Å². The van der Waals surface area contributed by atoms with Gasteiger partial charge in [-0.2, -0.15) is 0 Å². The molecule has 1 aliphatic heterocycles. The highest BCUT2D eigenvalue weighted by molar-refractivity contribution is 5.87. The summed E-state index contributed by atoms with van der Waals surface area (Å²) in [6.45, 7) is 2.59. The first-order valence-corrected chi connectivity index (χ1v) is 5.92. The molecule has 0 radical (unpaired) electrons. The number of carbonyl (C=O) groups is 2. The normalized spacial score (nSPS) is 26.2. The lowest BCUT2D eigenvalue weighted by Crippen LogP contribution is -2.52. The summed E-state index contributed by atoms with van der Waals surface area (Å²) in [5, 5.41) is 23.1. The number of aliphatic carboxylic acids is 1. The molecule has 1 fully saturated rings. The van der Waals surface area contributed by atoms with Gasteiger partial charge in [-0.05, 0) is 25.3 Å². The Balaban J connectivity index is 2.48. The van der Waals surface area contributed by atoms with Gasteiger partial charge in [0.2, 0.25) is 5.91 Å². The predicted octanol–water partition coefficient (Wildman–Crippen LogP) is -0.674. The SMILES string of the molecule is CC1CCNC(C(=O)N[C@H](CCO)C(=O)O)C1. The van der Waals surface area contributed by atoms with Crippen LogP contribution in [0.5, 0.6) is 0 Å². The fraction of sp³-hybridized carbons (Fsp3) is 0.818. The topological polar surface area (TPSA) is 98.7 Å². The third-order valence-electron chi connectivity index (χ3n) is 3.01. The molecule has 2 unspecified atom stereocenters. The van der Waals surface area contributed by atoms with Crippen molar-refractivity contribution in [2.24, 2.45) is 5.92 Å². The quantitative estimate of drug-likeness (QED) is 0.514. The van der Waals surface area contributed by atoms with Crippen LogP contribution >= 0.6 is 0 Å². The number of aliphatic hydroxyl groups is 1. The third kappa shape index (κ3) is 4.32. The standard InChI is InChI=1S/C11H20N2O4/c1-7-2-4-12-9(6-7)10(15)13-8(3-5-14)11(16)17/h7-9,12,14H,2-6H2,1H3,(H,13,15)(H,16,17)/t7?,8-,9?/m1/s1. The maximum atomic E-state index is 11.8. The molecule has 6 nitrogen and oxygen atoms in total. The highest BCUT2D eigenvalue weighted by Crippen LogP contribution is 2.15. The van der Waals surface area contributed by atoms with Gasteiger partial charge in [0.25, 0.3) is 0 Å². The lowest BCUT2D eigenvalue weighted by Gasteiger charge is -2.28. The van der Waals surface area contributed by atoms with Gasteiger partial charge in [-0.1, -0.05) is 6.92 Å². The van der Waals surface area contributed by atoms with Crippen molar-refractivity contribution < 1.29 is 19.8 Å². The number of nitrogens with one attached hydrogen (secondary N) is 2. The summed E-state index contributed by atoms with van der Waals surface area (Å²) in [5.74, 6) is -0.943. The highest BCUT2D eigenvalue weighted by atomic mass is 16.4. The van der Waals surface area contributed by atoms with Crippen LogP contribution in [-0.2, 0) is 9.59 Å². The zero-order valence-electron chi connectivity index (χ0n) is 9.98. The van der Waals surface area contributed by atoms with E-state index in [2.05, 4.69) is 17.6 Å². The van der Waals surface area contributed by atoms with Crippen LogP contribution in [-0.4, -0.2) is 47.3 Å². The van der Waals surface area contributed by atoms with Gasteiger partial charge in [-0.25, -0.2) is 4.79 Å². The molecule has 0 aromatic rings. The minimum absolute atomic E-state index is 0.0311. The second kappa shape index (κ2) is 6.56. The molecule has 3 atom stereocenters. The number of carbonyl (C=O) groups excluding carboxylic acids is 1. The minimum Gasteiger partial charge on any atom is -0.480 e. The number of amides is 1. The molecule has 6 heteroatoms. The molecule has 0 aromatic carbocycles. The number of hydrogen-bond donors (Lipinski definition) is 4. The van der Waals surface area contributed by atoms with Crippen molar-refractivity contribution in [1.82, 2.24) is 10.6 Å². The van der Waals surface area contributed by atoms with Crippen LogP contribution in [0.3, 0.4) is 0 Å². The first-order chi connectivity index (χ1) is 8.04. The summed E-state index contributed by atoms with van der Waals surface area (Å²) >= 11 is 0. The highest BCUT2D eigenvalue weighted by Gasteiger charge is 2.27. The number of piperidine rings is 1. The van der Waals surface area contributed by atoms with Gasteiger partial charge in [0.05, 0.1) is 6.04 Å². The maximum Gasteiger partial charge on any atom is 0.326 e. The first kappa shape index (κ1) is 13.9. The zero-order valence-corrected chi connectivity index (χ0v) is 9.98. The molecule has 0 aromatic heterocycles. The van der Waals surface area contributed by atoms with Crippen LogP contribution in [0.4, 0.5) is 0 Å². The van der Waals surface area contributed by atoms with Crippen molar-refractivity contribution in [3.63, 3.8) is 0 Å². The number of carboxylic acid groups (broad SMARTS) is 1. The molecule has 1 heterocycles. The Morgan fingerprint density at radius 3 is 2.76 bits per heavy atom. The summed E-state index contributed by atoms with van der Waals surface area (Å²) in [4.78, 5) is 22.6. The number of carboxylic acids is 1. The first-order valence-electron chi connectivity index (χ1n) is 5.92. The van der Waals surface area contributed by atoms with Crippen LogP contribution in [0.1, 0.15) is 26.2 Å². The molecule has 1 aliphatic rings. The molecule has 0 bridgehead atoms. The average molecular weight is 244 g/mol. The van der Waals surface area contributed by atoms with Gasteiger partial charge in [0.15, 0.2) is 0 Å². The van der Waals surface area contributed by atoms with E-state index in [-0.39, 0.29) is 25.0 Å². The Kier molecular flexibility index (Phi) is 5.37. The molecule has 98 valence electrons. The molecule has 0 aliphatic carbocycles. The molecule has 1 saturated heterocycles. The molecule has 0 saturated carbocycles. The van der Waals surface area contributed by atoms with Gasteiger partial charge in [-0.15, -0.1) is 0 Å². The third-order valence-corrected chi connectivity index (χ3v) is 3.01. The second-order valence-corrected chi connectivity index (χ2v) is 4.55. The van der Waals surface area contributed by atoms with E-state index in [9.17, 15) is 9.59 Å². The lowest BCUT2D eigenvalue weighted by molar-refractivity contribution is -0.142. The number of rotatable bonds is 5. The predicted molar refractivity (Wildman–Crippen MR) is 61.5 cm³/mol. The van der Waals surface area contributed by atoms with Gasteiger partial charge in [0.1, 0.15) is 6.04 Å². The molecule has 1 rings (SSSR count). The van der Waals surface area contributed by atoms with Crippen LogP contribution in [0.15, 0.2) is 0 Å². The fourth-order valence-corrected chi connectivity index (χ4v) is 1.97. The monoisotopic (exact) mass is 244 g/mol. The van der Waals surface area contributed by atoms with E-state index in [1.54, 1.807) is 0 Å². The van der Waals surface area contributed by atoms with Crippen molar-refractivity contribution in [2.45, 2.75) is 38.3 Å². The summed E-state index contributed by atoms with van der Waals surface area (Å²) in [7, 11) is 0. The van der Waals surface area contributed by atoms with Crippen molar-refractivity contribution in [1.29, 1.82) is 0 Å². The Bertz CT molecular complexity index is 283. The average Bonchev–Trinajstić information content (AvgIpc) is 2.28. The number of hydrogen-bond acceptors (Lipinski definition) is 4. The second-order valence-electron chi connectivity index (χ2n) is 4.55. The van der Waals surface area contributed by atoms with Crippen LogP contribution in [0, 0.1) is 5.92 Å². The van der Waals surface area contributed by atoms with E-state index in [4.69, 9.17) is 10.2 Å². The van der Waals surface area contributed by atoms with E-state index in [0.29, 0.717) is 5.92 Å². The molecular formula is C11H20N2O4. The van der Waals surface area contributed by atoms with E-state index >= 15 is 0 Å². The molecule has 4 N–H and O–H groups in total. The minimum atomic E-state index is -1.11. The summed E-state index contributed by atoms with van der Waals surface area (Å²) < 4.78 is 0. The van der Waals surface area contributed by atoms with E-state index in [1.807, 2.05) is 0 Å². The Hall–Kier alpha value is -1.14. The molecule has 17 heavy (non-hydrogen) atoms. The van der Waals surface area contributed by atoms with E-state index < -0.39 is 12.0 Å². The van der Waals surface area contributed by atoms with Crippen LogP contribution in [0.25, 0.3) is 0 Å².